The normalized spacial score (nSPS) is 12.3. The lowest BCUT2D eigenvalue weighted by Crippen LogP contribution is -2.41. The van der Waals surface area contributed by atoms with Crippen molar-refractivity contribution >= 4 is 5.91 Å². The molecule has 0 fully saturated rings. The maximum Gasteiger partial charge on any atom is 0.255 e. The fourth-order valence-corrected chi connectivity index (χ4v) is 1.67. The number of ether oxygens (including phenoxy) is 1. The Bertz CT molecular complexity index is 416. The standard InChI is InChI=1S/C14H21NO3/c1-9(2)12(8-16)15-14(17)11-7-10(3)5-6-13(11)18-4/h5-7,9,12,16H,8H2,1-4H3,(H,15,17)/t12-/m1/s1. The molecule has 4 nitrogen and oxygen atoms in total. The molecule has 0 aliphatic carbocycles. The second kappa shape index (κ2) is 6.40. The summed E-state index contributed by atoms with van der Waals surface area (Å²) < 4.78 is 5.17. The topological polar surface area (TPSA) is 58.6 Å². The van der Waals surface area contributed by atoms with Crippen LogP contribution in [0, 0.1) is 12.8 Å². The van der Waals surface area contributed by atoms with Crippen LogP contribution in [0.3, 0.4) is 0 Å². The summed E-state index contributed by atoms with van der Waals surface area (Å²) in [5, 5.41) is 12.0. The van der Waals surface area contributed by atoms with Crippen LogP contribution in [0.1, 0.15) is 29.8 Å². The van der Waals surface area contributed by atoms with Gasteiger partial charge in [0, 0.05) is 0 Å². The Hall–Kier alpha value is -1.55. The lowest BCUT2D eigenvalue weighted by Gasteiger charge is -2.20. The number of benzene rings is 1. The average Bonchev–Trinajstić information content (AvgIpc) is 2.35. The smallest absolute Gasteiger partial charge is 0.255 e. The highest BCUT2D eigenvalue weighted by Crippen LogP contribution is 2.19. The summed E-state index contributed by atoms with van der Waals surface area (Å²) in [6.07, 6.45) is 0. The minimum atomic E-state index is -0.247. The number of hydrogen-bond acceptors (Lipinski definition) is 3. The Morgan fingerprint density at radius 1 is 1.44 bits per heavy atom. The molecule has 100 valence electrons. The van der Waals surface area contributed by atoms with Gasteiger partial charge in [-0.3, -0.25) is 4.79 Å². The van der Waals surface area contributed by atoms with Crippen LogP contribution in [0.15, 0.2) is 18.2 Å². The molecule has 0 spiro atoms. The predicted octanol–water partition coefficient (Wildman–Crippen LogP) is 1.75. The van der Waals surface area contributed by atoms with Gasteiger partial charge in [-0.1, -0.05) is 25.5 Å². The number of carbonyl (C=O) groups is 1. The third kappa shape index (κ3) is 3.47. The summed E-state index contributed by atoms with van der Waals surface area (Å²) in [4.78, 5) is 12.1. The van der Waals surface area contributed by atoms with Crippen LogP contribution in [0.4, 0.5) is 0 Å². The van der Waals surface area contributed by atoms with E-state index in [1.54, 1.807) is 12.1 Å². The molecule has 0 aliphatic rings. The monoisotopic (exact) mass is 251 g/mol. The van der Waals surface area contributed by atoms with Crippen LogP contribution in [0.5, 0.6) is 5.75 Å². The lowest BCUT2D eigenvalue weighted by atomic mass is 10.0. The highest BCUT2D eigenvalue weighted by molar-refractivity contribution is 5.97. The second-order valence-corrected chi connectivity index (χ2v) is 4.71. The molecule has 0 saturated heterocycles. The minimum absolute atomic E-state index is 0.0719. The number of aliphatic hydroxyl groups excluding tert-OH is 1. The van der Waals surface area contributed by atoms with Gasteiger partial charge in [0.2, 0.25) is 0 Å². The van der Waals surface area contributed by atoms with E-state index in [9.17, 15) is 9.90 Å². The first-order valence-corrected chi connectivity index (χ1v) is 6.06. The first-order valence-electron chi connectivity index (χ1n) is 6.06. The van der Waals surface area contributed by atoms with Gasteiger partial charge in [-0.15, -0.1) is 0 Å². The van der Waals surface area contributed by atoms with Crippen molar-refractivity contribution in [2.24, 2.45) is 5.92 Å². The Morgan fingerprint density at radius 3 is 2.61 bits per heavy atom. The van der Waals surface area contributed by atoms with Crippen molar-refractivity contribution in [3.05, 3.63) is 29.3 Å². The van der Waals surface area contributed by atoms with Gasteiger partial charge >= 0.3 is 0 Å². The van der Waals surface area contributed by atoms with Crippen LogP contribution in [-0.4, -0.2) is 30.8 Å². The van der Waals surface area contributed by atoms with Gasteiger partial charge in [0.15, 0.2) is 0 Å². The molecule has 0 aromatic heterocycles. The second-order valence-electron chi connectivity index (χ2n) is 4.71. The summed E-state index contributed by atoms with van der Waals surface area (Å²) in [6, 6.07) is 5.20. The summed E-state index contributed by atoms with van der Waals surface area (Å²) in [5.41, 5.74) is 1.49. The van der Waals surface area contributed by atoms with Crippen LogP contribution in [0.25, 0.3) is 0 Å². The van der Waals surface area contributed by atoms with Crippen molar-refractivity contribution in [3.63, 3.8) is 0 Å². The number of carbonyl (C=O) groups excluding carboxylic acids is 1. The van der Waals surface area contributed by atoms with E-state index in [4.69, 9.17) is 4.74 Å². The fraction of sp³-hybridized carbons (Fsp3) is 0.500. The molecule has 1 rings (SSSR count). The maximum absolute atomic E-state index is 12.1. The van der Waals surface area contributed by atoms with Crippen molar-refractivity contribution in [2.75, 3.05) is 13.7 Å². The number of hydrogen-bond donors (Lipinski definition) is 2. The third-order valence-corrected chi connectivity index (χ3v) is 2.92. The van der Waals surface area contributed by atoms with Crippen LogP contribution in [-0.2, 0) is 0 Å². The maximum atomic E-state index is 12.1. The van der Waals surface area contributed by atoms with Crippen LogP contribution in [0.2, 0.25) is 0 Å². The van der Waals surface area contributed by atoms with E-state index >= 15 is 0 Å². The molecule has 4 heteroatoms. The Kier molecular flexibility index (Phi) is 5.16. The summed E-state index contributed by atoms with van der Waals surface area (Å²) in [6.45, 7) is 5.75. The molecule has 0 saturated carbocycles. The van der Waals surface area contributed by atoms with Gasteiger partial charge in [-0.2, -0.15) is 0 Å². The van der Waals surface area contributed by atoms with Crippen molar-refractivity contribution in [3.8, 4) is 5.75 Å². The molecule has 0 aliphatic heterocycles. The number of amides is 1. The average molecular weight is 251 g/mol. The summed E-state index contributed by atoms with van der Waals surface area (Å²) in [5.74, 6) is 0.497. The van der Waals surface area contributed by atoms with Gasteiger partial charge in [0.1, 0.15) is 5.75 Å². The number of nitrogens with one attached hydrogen (secondary N) is 1. The van der Waals surface area contributed by atoms with Gasteiger partial charge in [0.05, 0.1) is 25.3 Å². The zero-order valence-electron chi connectivity index (χ0n) is 11.4. The molecule has 1 amide bonds. The van der Waals surface area contributed by atoms with Gasteiger partial charge in [-0.05, 0) is 25.0 Å². The van der Waals surface area contributed by atoms with E-state index in [0.29, 0.717) is 11.3 Å². The largest absolute Gasteiger partial charge is 0.496 e. The SMILES string of the molecule is COc1ccc(C)cc1C(=O)N[C@H](CO)C(C)C. The molecule has 0 heterocycles. The molecule has 2 N–H and O–H groups in total. The number of rotatable bonds is 5. The molecule has 1 aromatic rings. The van der Waals surface area contributed by atoms with Crippen LogP contribution < -0.4 is 10.1 Å². The Balaban J connectivity index is 2.92. The van der Waals surface area contributed by atoms with E-state index < -0.39 is 0 Å². The predicted molar refractivity (Wildman–Crippen MR) is 70.9 cm³/mol. The fourth-order valence-electron chi connectivity index (χ4n) is 1.67. The first kappa shape index (κ1) is 14.5. The highest BCUT2D eigenvalue weighted by atomic mass is 16.5. The lowest BCUT2D eigenvalue weighted by molar-refractivity contribution is 0.0893. The quantitative estimate of drug-likeness (QED) is 0.838. The number of aryl methyl sites for hydroxylation is 1. The molecular weight excluding hydrogens is 230 g/mol. The van der Waals surface area contributed by atoms with E-state index in [2.05, 4.69) is 5.32 Å². The van der Waals surface area contributed by atoms with E-state index in [0.717, 1.165) is 5.56 Å². The molecular formula is C14H21NO3. The molecule has 1 atom stereocenters. The molecule has 18 heavy (non-hydrogen) atoms. The minimum Gasteiger partial charge on any atom is -0.496 e. The first-order chi connectivity index (χ1) is 8.49. The molecule has 1 aromatic carbocycles. The van der Waals surface area contributed by atoms with E-state index in [1.165, 1.54) is 7.11 Å². The Morgan fingerprint density at radius 2 is 2.11 bits per heavy atom. The van der Waals surface area contributed by atoms with Gasteiger partial charge in [0.25, 0.3) is 5.91 Å². The molecule has 0 radical (unpaired) electrons. The van der Waals surface area contributed by atoms with Gasteiger partial charge < -0.3 is 15.2 Å². The van der Waals surface area contributed by atoms with E-state index in [1.807, 2.05) is 26.8 Å². The third-order valence-electron chi connectivity index (χ3n) is 2.92. The van der Waals surface area contributed by atoms with Crippen LogP contribution >= 0.6 is 0 Å². The summed E-state index contributed by atoms with van der Waals surface area (Å²) in [7, 11) is 1.54. The van der Waals surface area contributed by atoms with Crippen molar-refractivity contribution in [1.29, 1.82) is 0 Å². The van der Waals surface area contributed by atoms with E-state index in [-0.39, 0.29) is 24.5 Å². The van der Waals surface area contributed by atoms with Crippen molar-refractivity contribution in [1.82, 2.24) is 5.32 Å². The summed E-state index contributed by atoms with van der Waals surface area (Å²) >= 11 is 0. The molecule has 0 bridgehead atoms. The number of aliphatic hydroxyl groups is 1. The number of methoxy groups -OCH3 is 1. The van der Waals surface area contributed by atoms with Gasteiger partial charge in [-0.25, -0.2) is 0 Å². The zero-order chi connectivity index (χ0) is 13.7. The van der Waals surface area contributed by atoms with Crippen molar-refractivity contribution in [2.45, 2.75) is 26.8 Å². The van der Waals surface area contributed by atoms with Crippen molar-refractivity contribution < 1.29 is 14.6 Å². The molecule has 0 unspecified atom stereocenters. The highest BCUT2D eigenvalue weighted by Gasteiger charge is 2.18. The zero-order valence-corrected chi connectivity index (χ0v) is 11.4. The Labute approximate surface area is 108 Å².